The zero-order valence-electron chi connectivity index (χ0n) is 8.61. The standard InChI is InChI=1S/C10H8F5NO/c1-4(17)5-3-8(16)7(10(13,14)15)2-6(5)9(11)12/h2-3,9H,16H2,1H3. The molecule has 0 bridgehead atoms. The summed E-state index contributed by atoms with van der Waals surface area (Å²) in [7, 11) is 0. The molecule has 0 radical (unpaired) electrons. The molecule has 0 aliphatic heterocycles. The van der Waals surface area contributed by atoms with Gasteiger partial charge in [-0.15, -0.1) is 0 Å². The molecular weight excluding hydrogens is 245 g/mol. The minimum Gasteiger partial charge on any atom is -0.398 e. The molecular formula is C10H8F5NO. The van der Waals surface area contributed by atoms with Crippen molar-refractivity contribution in [1.29, 1.82) is 0 Å². The van der Waals surface area contributed by atoms with E-state index in [9.17, 15) is 26.7 Å². The summed E-state index contributed by atoms with van der Waals surface area (Å²) in [5.74, 6) is -0.763. The Hall–Kier alpha value is -1.66. The van der Waals surface area contributed by atoms with Crippen LogP contribution in [0.2, 0.25) is 0 Å². The summed E-state index contributed by atoms with van der Waals surface area (Å²) in [6.45, 7) is 0.980. The minimum atomic E-state index is -4.83. The van der Waals surface area contributed by atoms with Crippen LogP contribution in [0, 0.1) is 0 Å². The molecule has 2 N–H and O–H groups in total. The van der Waals surface area contributed by atoms with Gasteiger partial charge in [-0.25, -0.2) is 8.78 Å². The number of carbonyl (C=O) groups excluding carboxylic acids is 1. The summed E-state index contributed by atoms with van der Waals surface area (Å²) in [5.41, 5.74) is 1.54. The van der Waals surface area contributed by atoms with Crippen LogP contribution < -0.4 is 5.73 Å². The van der Waals surface area contributed by atoms with Gasteiger partial charge in [0.15, 0.2) is 5.78 Å². The molecule has 0 aliphatic carbocycles. The van der Waals surface area contributed by atoms with Crippen LogP contribution in [0.15, 0.2) is 12.1 Å². The number of anilines is 1. The van der Waals surface area contributed by atoms with Crippen LogP contribution in [-0.2, 0) is 6.18 Å². The van der Waals surface area contributed by atoms with Gasteiger partial charge in [0, 0.05) is 16.8 Å². The molecule has 0 atom stereocenters. The number of nitrogens with two attached hydrogens (primary N) is 1. The van der Waals surface area contributed by atoms with Crippen molar-refractivity contribution in [3.63, 3.8) is 0 Å². The predicted molar refractivity (Wildman–Crippen MR) is 50.8 cm³/mol. The number of hydrogen-bond donors (Lipinski definition) is 1. The number of rotatable bonds is 2. The van der Waals surface area contributed by atoms with Gasteiger partial charge in [-0.3, -0.25) is 4.79 Å². The van der Waals surface area contributed by atoms with Gasteiger partial charge in [0.25, 0.3) is 6.43 Å². The molecule has 1 aromatic carbocycles. The van der Waals surface area contributed by atoms with E-state index in [-0.39, 0.29) is 6.07 Å². The lowest BCUT2D eigenvalue weighted by atomic mass is 9.99. The lowest BCUT2D eigenvalue weighted by molar-refractivity contribution is -0.137. The average Bonchev–Trinajstić information content (AvgIpc) is 2.14. The molecule has 2 nitrogen and oxygen atoms in total. The first-order valence-corrected chi connectivity index (χ1v) is 4.44. The van der Waals surface area contributed by atoms with Crippen molar-refractivity contribution in [3.05, 3.63) is 28.8 Å². The molecule has 17 heavy (non-hydrogen) atoms. The molecule has 7 heteroatoms. The maximum Gasteiger partial charge on any atom is 0.418 e. The fourth-order valence-electron chi connectivity index (χ4n) is 1.36. The van der Waals surface area contributed by atoms with Crippen LogP contribution >= 0.6 is 0 Å². The Morgan fingerprint density at radius 3 is 2.18 bits per heavy atom. The number of Topliss-reactive ketones (excluding diaryl/α,β-unsaturated/α-hetero) is 1. The number of ketones is 1. The monoisotopic (exact) mass is 253 g/mol. The Morgan fingerprint density at radius 2 is 1.82 bits per heavy atom. The predicted octanol–water partition coefficient (Wildman–Crippen LogP) is 3.43. The Kier molecular flexibility index (Phi) is 3.40. The van der Waals surface area contributed by atoms with Crippen LogP contribution in [0.5, 0.6) is 0 Å². The van der Waals surface area contributed by atoms with Crippen molar-refractivity contribution in [1.82, 2.24) is 0 Å². The van der Waals surface area contributed by atoms with Crippen molar-refractivity contribution in [3.8, 4) is 0 Å². The highest BCUT2D eigenvalue weighted by atomic mass is 19.4. The van der Waals surface area contributed by atoms with E-state index < -0.39 is 40.8 Å². The number of halogens is 5. The van der Waals surface area contributed by atoms with E-state index in [1.54, 1.807) is 0 Å². The second kappa shape index (κ2) is 4.31. The van der Waals surface area contributed by atoms with E-state index in [2.05, 4.69) is 0 Å². The topological polar surface area (TPSA) is 43.1 Å². The summed E-state index contributed by atoms with van der Waals surface area (Å²) in [4.78, 5) is 11.0. The first kappa shape index (κ1) is 13.4. The van der Waals surface area contributed by atoms with E-state index in [1.807, 2.05) is 0 Å². The molecule has 94 valence electrons. The van der Waals surface area contributed by atoms with Gasteiger partial charge in [-0.05, 0) is 19.1 Å². The van der Waals surface area contributed by atoms with E-state index >= 15 is 0 Å². The van der Waals surface area contributed by atoms with E-state index in [1.165, 1.54) is 0 Å². The van der Waals surface area contributed by atoms with Crippen molar-refractivity contribution >= 4 is 11.5 Å². The highest BCUT2D eigenvalue weighted by Crippen LogP contribution is 2.37. The smallest absolute Gasteiger partial charge is 0.398 e. The normalized spacial score (nSPS) is 11.9. The molecule has 0 saturated heterocycles. The number of nitrogen functional groups attached to an aromatic ring is 1. The van der Waals surface area contributed by atoms with Crippen molar-refractivity contribution in [2.75, 3.05) is 5.73 Å². The van der Waals surface area contributed by atoms with Crippen molar-refractivity contribution < 1.29 is 26.7 Å². The van der Waals surface area contributed by atoms with E-state index in [0.29, 0.717) is 6.07 Å². The third kappa shape index (κ3) is 2.72. The molecule has 0 aromatic heterocycles. The van der Waals surface area contributed by atoms with Crippen molar-refractivity contribution in [2.45, 2.75) is 19.5 Å². The Morgan fingerprint density at radius 1 is 1.29 bits per heavy atom. The lowest BCUT2D eigenvalue weighted by Gasteiger charge is -2.14. The Bertz CT molecular complexity index is 453. The summed E-state index contributed by atoms with van der Waals surface area (Å²) < 4.78 is 62.3. The maximum atomic E-state index is 12.5. The summed E-state index contributed by atoms with van der Waals surface area (Å²) in [6.07, 6.45) is -8.00. The highest BCUT2D eigenvalue weighted by molar-refractivity contribution is 5.96. The fraction of sp³-hybridized carbons (Fsp3) is 0.300. The largest absolute Gasteiger partial charge is 0.418 e. The van der Waals surface area contributed by atoms with Crippen LogP contribution in [0.1, 0.15) is 34.8 Å². The zero-order valence-corrected chi connectivity index (χ0v) is 8.61. The number of benzene rings is 1. The zero-order chi connectivity index (χ0) is 13.4. The fourth-order valence-corrected chi connectivity index (χ4v) is 1.36. The van der Waals surface area contributed by atoms with Gasteiger partial charge in [0.2, 0.25) is 0 Å². The molecule has 0 heterocycles. The quantitative estimate of drug-likeness (QED) is 0.498. The molecule has 0 unspecified atom stereocenters. The van der Waals surface area contributed by atoms with Gasteiger partial charge in [-0.2, -0.15) is 13.2 Å². The van der Waals surface area contributed by atoms with E-state index in [4.69, 9.17) is 5.73 Å². The van der Waals surface area contributed by atoms with Crippen LogP contribution in [0.4, 0.5) is 27.6 Å². The van der Waals surface area contributed by atoms with Gasteiger partial charge in [0.05, 0.1) is 5.56 Å². The Balaban J connectivity index is 3.51. The second-order valence-electron chi connectivity index (χ2n) is 3.38. The van der Waals surface area contributed by atoms with Crippen molar-refractivity contribution in [2.24, 2.45) is 0 Å². The highest BCUT2D eigenvalue weighted by Gasteiger charge is 2.35. The molecule has 1 rings (SSSR count). The molecule has 1 aromatic rings. The van der Waals surface area contributed by atoms with Crippen LogP contribution in [0.25, 0.3) is 0 Å². The van der Waals surface area contributed by atoms with E-state index in [0.717, 1.165) is 6.92 Å². The van der Waals surface area contributed by atoms with Gasteiger partial charge in [-0.1, -0.05) is 0 Å². The minimum absolute atomic E-state index is 0.219. The van der Waals surface area contributed by atoms with Gasteiger partial charge >= 0.3 is 6.18 Å². The first-order valence-electron chi connectivity index (χ1n) is 4.44. The Labute approximate surface area is 93.2 Å². The summed E-state index contributed by atoms with van der Waals surface area (Å²) in [6, 6.07) is 0.851. The third-order valence-corrected chi connectivity index (χ3v) is 2.14. The third-order valence-electron chi connectivity index (χ3n) is 2.14. The maximum absolute atomic E-state index is 12.5. The van der Waals surface area contributed by atoms with Gasteiger partial charge < -0.3 is 5.73 Å². The number of hydrogen-bond acceptors (Lipinski definition) is 2. The average molecular weight is 253 g/mol. The first-order chi connectivity index (χ1) is 7.64. The molecule has 0 aliphatic rings. The molecule has 0 fully saturated rings. The van der Waals surface area contributed by atoms with Gasteiger partial charge in [0.1, 0.15) is 0 Å². The van der Waals surface area contributed by atoms with Crippen LogP contribution in [-0.4, -0.2) is 5.78 Å². The molecule has 0 saturated carbocycles. The lowest BCUT2D eigenvalue weighted by Crippen LogP contribution is -2.12. The molecule has 0 spiro atoms. The number of alkyl halides is 5. The summed E-state index contributed by atoms with van der Waals surface area (Å²) >= 11 is 0. The molecule has 0 amide bonds. The summed E-state index contributed by atoms with van der Waals surface area (Å²) in [5, 5.41) is 0. The van der Waals surface area contributed by atoms with Crippen LogP contribution in [0.3, 0.4) is 0 Å². The second-order valence-corrected chi connectivity index (χ2v) is 3.38. The SMILES string of the molecule is CC(=O)c1cc(N)c(C(F)(F)F)cc1C(F)F. The number of carbonyl (C=O) groups is 1.